The molecular weight excluding hydrogens is 310 g/mol. The topological polar surface area (TPSA) is 55.4 Å². The number of aromatic nitrogens is 4. The third kappa shape index (κ3) is 2.38. The van der Waals surface area contributed by atoms with Crippen LogP contribution in [-0.2, 0) is 13.6 Å². The lowest BCUT2D eigenvalue weighted by atomic mass is 9.96. The van der Waals surface area contributed by atoms with Crippen molar-refractivity contribution in [2.75, 3.05) is 13.1 Å². The molecule has 122 valence electrons. The van der Waals surface area contributed by atoms with E-state index in [1.165, 1.54) is 30.6 Å². The first-order valence-electron chi connectivity index (χ1n) is 8.21. The van der Waals surface area contributed by atoms with Gasteiger partial charge in [-0.15, -0.1) is 21.5 Å². The van der Waals surface area contributed by atoms with E-state index in [-0.39, 0.29) is 5.56 Å². The van der Waals surface area contributed by atoms with Crippen molar-refractivity contribution in [1.29, 1.82) is 0 Å². The van der Waals surface area contributed by atoms with E-state index in [0.717, 1.165) is 41.6 Å². The standard InChI is InChI=1S/C16H21N5OS/c1-3-11-5-4-7-20(9-11)10-13-17-18-16-19(2)15(22)14-12(21(13)16)6-8-23-14/h6,8,11H,3-5,7,9-10H2,1-2H3/t11-/m1/s1. The molecule has 3 aromatic heterocycles. The predicted octanol–water partition coefficient (Wildman–Crippen LogP) is 2.26. The largest absolute Gasteiger partial charge is 0.296 e. The quantitative estimate of drug-likeness (QED) is 0.739. The molecule has 6 nitrogen and oxygen atoms in total. The molecule has 1 aliphatic rings. The summed E-state index contributed by atoms with van der Waals surface area (Å²) in [5.74, 6) is 2.34. The first kappa shape index (κ1) is 14.8. The van der Waals surface area contributed by atoms with Crippen LogP contribution in [0.1, 0.15) is 32.0 Å². The monoisotopic (exact) mass is 331 g/mol. The molecule has 0 saturated carbocycles. The Kier molecular flexibility index (Phi) is 3.69. The fourth-order valence-corrected chi connectivity index (χ4v) is 4.43. The highest BCUT2D eigenvalue weighted by atomic mass is 32.1. The molecule has 0 unspecified atom stereocenters. The number of fused-ring (bicyclic) bond motifs is 3. The van der Waals surface area contributed by atoms with Crippen molar-refractivity contribution >= 4 is 27.3 Å². The van der Waals surface area contributed by atoms with Gasteiger partial charge < -0.3 is 0 Å². The second-order valence-corrected chi connectivity index (χ2v) is 7.32. The van der Waals surface area contributed by atoms with E-state index in [1.54, 1.807) is 11.6 Å². The van der Waals surface area contributed by atoms with Crippen molar-refractivity contribution in [1.82, 2.24) is 24.1 Å². The molecular formula is C16H21N5OS. The summed E-state index contributed by atoms with van der Waals surface area (Å²) in [5.41, 5.74) is 0.933. The van der Waals surface area contributed by atoms with Crippen LogP contribution in [0.2, 0.25) is 0 Å². The lowest BCUT2D eigenvalue weighted by Crippen LogP contribution is -2.35. The second kappa shape index (κ2) is 5.72. The summed E-state index contributed by atoms with van der Waals surface area (Å²) < 4.78 is 4.41. The second-order valence-electron chi connectivity index (χ2n) is 6.40. The van der Waals surface area contributed by atoms with E-state index in [0.29, 0.717) is 5.78 Å². The lowest BCUT2D eigenvalue weighted by Gasteiger charge is -2.31. The van der Waals surface area contributed by atoms with Gasteiger partial charge in [-0.1, -0.05) is 13.3 Å². The van der Waals surface area contributed by atoms with E-state index in [4.69, 9.17) is 0 Å². The Bertz CT molecular complexity index is 908. The normalized spacial score (nSPS) is 19.8. The van der Waals surface area contributed by atoms with Crippen LogP contribution in [0.4, 0.5) is 0 Å². The third-order valence-electron chi connectivity index (χ3n) is 4.94. The van der Waals surface area contributed by atoms with E-state index in [2.05, 4.69) is 22.0 Å². The van der Waals surface area contributed by atoms with Gasteiger partial charge in [-0.3, -0.25) is 18.7 Å². The van der Waals surface area contributed by atoms with Crippen molar-refractivity contribution in [3.05, 3.63) is 27.6 Å². The molecule has 0 aromatic carbocycles. The van der Waals surface area contributed by atoms with Crippen LogP contribution >= 0.6 is 11.3 Å². The zero-order valence-electron chi connectivity index (χ0n) is 13.5. The van der Waals surface area contributed by atoms with Crippen molar-refractivity contribution < 1.29 is 0 Å². The summed E-state index contributed by atoms with van der Waals surface area (Å²) in [6.07, 6.45) is 3.82. The van der Waals surface area contributed by atoms with Crippen molar-refractivity contribution in [2.24, 2.45) is 13.0 Å². The minimum atomic E-state index is 0.00506. The molecule has 4 heterocycles. The molecule has 1 saturated heterocycles. The summed E-state index contributed by atoms with van der Waals surface area (Å²) in [5, 5.41) is 10.6. The van der Waals surface area contributed by atoms with Crippen LogP contribution in [0.15, 0.2) is 16.2 Å². The Labute approximate surface area is 138 Å². The van der Waals surface area contributed by atoms with Crippen LogP contribution in [-0.4, -0.2) is 37.2 Å². The number of nitrogens with zero attached hydrogens (tertiary/aromatic N) is 5. The summed E-state index contributed by atoms with van der Waals surface area (Å²) in [6.45, 7) is 5.31. The van der Waals surface area contributed by atoms with E-state index in [1.807, 2.05) is 15.8 Å². The number of piperidine rings is 1. The smallest absolute Gasteiger partial charge is 0.272 e. The molecule has 0 N–H and O–H groups in total. The molecule has 7 heteroatoms. The van der Waals surface area contributed by atoms with Crippen molar-refractivity contribution in [2.45, 2.75) is 32.7 Å². The highest BCUT2D eigenvalue weighted by molar-refractivity contribution is 7.17. The first-order chi connectivity index (χ1) is 11.2. The maximum Gasteiger partial charge on any atom is 0.272 e. The minimum absolute atomic E-state index is 0.00506. The molecule has 1 atom stereocenters. The van der Waals surface area contributed by atoms with Crippen molar-refractivity contribution in [3.8, 4) is 0 Å². The Balaban J connectivity index is 1.78. The highest BCUT2D eigenvalue weighted by Gasteiger charge is 2.22. The van der Waals surface area contributed by atoms with Gasteiger partial charge in [0.15, 0.2) is 5.82 Å². The van der Waals surface area contributed by atoms with Gasteiger partial charge in [0.1, 0.15) is 4.70 Å². The number of rotatable bonds is 3. The highest BCUT2D eigenvalue weighted by Crippen LogP contribution is 2.23. The average Bonchev–Trinajstić information content (AvgIpc) is 3.19. The first-order valence-corrected chi connectivity index (χ1v) is 9.09. The zero-order chi connectivity index (χ0) is 16.0. The number of hydrogen-bond donors (Lipinski definition) is 0. The molecule has 0 aliphatic carbocycles. The fraction of sp³-hybridized carbons (Fsp3) is 0.562. The number of likely N-dealkylation sites (tertiary alicyclic amines) is 1. The molecule has 23 heavy (non-hydrogen) atoms. The van der Waals surface area contributed by atoms with E-state index >= 15 is 0 Å². The van der Waals surface area contributed by atoms with Gasteiger partial charge in [0.05, 0.1) is 12.1 Å². The molecule has 1 aliphatic heterocycles. The zero-order valence-corrected chi connectivity index (χ0v) is 14.3. The molecule has 0 spiro atoms. The van der Waals surface area contributed by atoms with Crippen LogP contribution in [0, 0.1) is 5.92 Å². The third-order valence-corrected chi connectivity index (χ3v) is 5.83. The summed E-state index contributed by atoms with van der Waals surface area (Å²) >= 11 is 1.48. The van der Waals surface area contributed by atoms with Gasteiger partial charge in [-0.2, -0.15) is 0 Å². The molecule has 0 amide bonds. The SMILES string of the molecule is CC[C@@H]1CCCN(Cc2nnc3n(C)c(=O)c4sccc4n23)C1. The number of aryl methyl sites for hydroxylation is 1. The van der Waals surface area contributed by atoms with Gasteiger partial charge in [0.25, 0.3) is 5.56 Å². The van der Waals surface area contributed by atoms with Crippen molar-refractivity contribution in [3.63, 3.8) is 0 Å². The molecule has 0 radical (unpaired) electrons. The van der Waals surface area contributed by atoms with E-state index in [9.17, 15) is 4.79 Å². The van der Waals surface area contributed by atoms with Gasteiger partial charge in [-0.05, 0) is 36.8 Å². The van der Waals surface area contributed by atoms with Crippen LogP contribution < -0.4 is 5.56 Å². The summed E-state index contributed by atoms with van der Waals surface area (Å²) in [4.78, 5) is 14.8. The van der Waals surface area contributed by atoms with Gasteiger partial charge in [0, 0.05) is 13.6 Å². The molecule has 3 aromatic rings. The fourth-order valence-electron chi connectivity index (χ4n) is 3.58. The Morgan fingerprint density at radius 3 is 3.09 bits per heavy atom. The van der Waals surface area contributed by atoms with Crippen LogP contribution in [0.3, 0.4) is 0 Å². The molecule has 0 bridgehead atoms. The van der Waals surface area contributed by atoms with E-state index < -0.39 is 0 Å². The van der Waals surface area contributed by atoms with Gasteiger partial charge in [-0.25, -0.2) is 0 Å². The summed E-state index contributed by atoms with van der Waals surface area (Å²) in [6, 6.07) is 1.99. The van der Waals surface area contributed by atoms with Gasteiger partial charge in [0.2, 0.25) is 5.78 Å². The number of thiophene rings is 1. The van der Waals surface area contributed by atoms with Gasteiger partial charge >= 0.3 is 0 Å². The Morgan fingerprint density at radius 1 is 1.39 bits per heavy atom. The molecule has 4 rings (SSSR count). The number of hydrogen-bond acceptors (Lipinski definition) is 5. The predicted molar refractivity (Wildman–Crippen MR) is 91.9 cm³/mol. The molecule has 1 fully saturated rings. The summed E-state index contributed by atoms with van der Waals surface area (Å²) in [7, 11) is 1.77. The Hall–Kier alpha value is -1.73. The Morgan fingerprint density at radius 2 is 2.26 bits per heavy atom. The van der Waals surface area contributed by atoms with Crippen LogP contribution in [0.5, 0.6) is 0 Å². The minimum Gasteiger partial charge on any atom is -0.296 e. The lowest BCUT2D eigenvalue weighted by molar-refractivity contribution is 0.161. The maximum atomic E-state index is 12.4. The maximum absolute atomic E-state index is 12.4. The average molecular weight is 331 g/mol. The van der Waals surface area contributed by atoms with Crippen LogP contribution in [0.25, 0.3) is 16.0 Å².